The van der Waals surface area contributed by atoms with Crippen LogP contribution in [0.4, 0.5) is 13.2 Å². The Hall–Kier alpha value is -1.54. The summed E-state index contributed by atoms with van der Waals surface area (Å²) >= 11 is 2.64. The largest absolute Gasteiger partial charge is 0.435 e. The molecule has 0 radical (unpaired) electrons. The Balaban J connectivity index is 1.75. The second-order valence-corrected chi connectivity index (χ2v) is 6.17. The molecule has 3 rings (SSSR count). The minimum atomic E-state index is -4.43. The van der Waals surface area contributed by atoms with E-state index >= 15 is 0 Å². The number of fused-ring (bicyclic) bond motifs is 1. The number of hydrogen-bond acceptors (Lipinski definition) is 4. The van der Waals surface area contributed by atoms with Gasteiger partial charge in [0.15, 0.2) is 10.0 Å². The summed E-state index contributed by atoms with van der Waals surface area (Å²) in [6, 6.07) is 9.81. The average molecular weight is 315 g/mol. The third-order valence-corrected chi connectivity index (χ3v) is 4.65. The van der Waals surface area contributed by atoms with Gasteiger partial charge in [0.2, 0.25) is 4.96 Å². The molecular formula is C12H8F3N3S2. The van der Waals surface area contributed by atoms with E-state index in [0.29, 0.717) is 4.34 Å². The molecule has 2 aromatic heterocycles. The van der Waals surface area contributed by atoms with Gasteiger partial charge in [-0.3, -0.25) is 0 Å². The zero-order valence-electron chi connectivity index (χ0n) is 9.96. The highest BCUT2D eigenvalue weighted by atomic mass is 32.2. The molecule has 104 valence electrons. The van der Waals surface area contributed by atoms with Gasteiger partial charge in [-0.1, -0.05) is 53.4 Å². The Kier molecular flexibility index (Phi) is 3.43. The van der Waals surface area contributed by atoms with Gasteiger partial charge in [0.1, 0.15) is 0 Å². The number of nitrogens with zero attached hydrogens (tertiary/aromatic N) is 3. The normalized spacial score (nSPS) is 12.2. The lowest BCUT2D eigenvalue weighted by Gasteiger charge is -1.99. The molecule has 0 bridgehead atoms. The number of rotatable bonds is 3. The Morgan fingerprint density at radius 2 is 1.95 bits per heavy atom. The van der Waals surface area contributed by atoms with Crippen LogP contribution in [0.2, 0.25) is 0 Å². The van der Waals surface area contributed by atoms with E-state index in [2.05, 4.69) is 10.1 Å². The number of aromatic nitrogens is 3. The predicted octanol–water partition coefficient (Wildman–Crippen LogP) is 4.10. The molecule has 0 saturated heterocycles. The summed E-state index contributed by atoms with van der Waals surface area (Å²) in [6.07, 6.45) is -3.51. The monoisotopic (exact) mass is 315 g/mol. The first-order chi connectivity index (χ1) is 9.52. The van der Waals surface area contributed by atoms with Crippen LogP contribution in [0.1, 0.15) is 11.3 Å². The van der Waals surface area contributed by atoms with E-state index in [4.69, 9.17) is 0 Å². The van der Waals surface area contributed by atoms with Crippen molar-refractivity contribution in [2.45, 2.75) is 16.3 Å². The Labute approximate surface area is 120 Å². The van der Waals surface area contributed by atoms with Crippen molar-refractivity contribution in [3.05, 3.63) is 47.8 Å². The van der Waals surface area contributed by atoms with Crippen LogP contribution in [0.5, 0.6) is 0 Å². The summed E-state index contributed by atoms with van der Waals surface area (Å²) in [5, 5.41) is 4.10. The quantitative estimate of drug-likeness (QED) is 0.682. The Morgan fingerprint density at radius 3 is 2.60 bits per heavy atom. The van der Waals surface area contributed by atoms with E-state index in [-0.39, 0.29) is 4.96 Å². The molecule has 0 N–H and O–H groups in total. The molecule has 3 aromatic rings. The minimum absolute atomic E-state index is 0.257. The van der Waals surface area contributed by atoms with Crippen molar-refractivity contribution in [3.8, 4) is 0 Å². The van der Waals surface area contributed by atoms with Crippen LogP contribution in [-0.4, -0.2) is 14.6 Å². The van der Waals surface area contributed by atoms with Crippen LogP contribution in [0.3, 0.4) is 0 Å². The third kappa shape index (κ3) is 2.80. The average Bonchev–Trinajstić information content (AvgIpc) is 2.95. The summed E-state index contributed by atoms with van der Waals surface area (Å²) in [5.74, 6) is 0.726. The minimum Gasteiger partial charge on any atom is -0.213 e. The van der Waals surface area contributed by atoms with Gasteiger partial charge in [-0.15, -0.1) is 5.10 Å². The van der Waals surface area contributed by atoms with Gasteiger partial charge in [-0.2, -0.15) is 13.2 Å². The van der Waals surface area contributed by atoms with Gasteiger partial charge in [-0.05, 0) is 5.56 Å². The molecule has 8 heteroatoms. The van der Waals surface area contributed by atoms with Crippen molar-refractivity contribution >= 4 is 28.1 Å². The van der Waals surface area contributed by atoms with Crippen molar-refractivity contribution in [2.24, 2.45) is 0 Å². The van der Waals surface area contributed by atoms with Gasteiger partial charge < -0.3 is 0 Å². The standard InChI is InChI=1S/C12H8F3N3S2/c13-12(14,15)9-6-18-10(16-9)20-11(17-18)19-7-8-4-2-1-3-5-8/h1-6H,7H2. The van der Waals surface area contributed by atoms with E-state index < -0.39 is 11.9 Å². The van der Waals surface area contributed by atoms with Crippen LogP contribution in [-0.2, 0) is 11.9 Å². The van der Waals surface area contributed by atoms with Crippen molar-refractivity contribution in [1.29, 1.82) is 0 Å². The van der Waals surface area contributed by atoms with Crippen LogP contribution in [0.25, 0.3) is 4.96 Å². The zero-order valence-corrected chi connectivity index (χ0v) is 11.6. The molecular weight excluding hydrogens is 307 g/mol. The highest BCUT2D eigenvalue weighted by molar-refractivity contribution is 8.00. The second-order valence-electron chi connectivity index (χ2n) is 3.99. The number of benzene rings is 1. The highest BCUT2D eigenvalue weighted by Gasteiger charge is 2.34. The molecule has 0 spiro atoms. The molecule has 2 heterocycles. The van der Waals surface area contributed by atoms with Gasteiger partial charge >= 0.3 is 6.18 Å². The maximum atomic E-state index is 12.5. The number of halogens is 3. The molecule has 1 aromatic carbocycles. The molecule has 3 nitrogen and oxygen atoms in total. The lowest BCUT2D eigenvalue weighted by Crippen LogP contribution is -2.04. The molecule has 0 unspecified atom stereocenters. The predicted molar refractivity (Wildman–Crippen MR) is 71.9 cm³/mol. The summed E-state index contributed by atoms with van der Waals surface area (Å²) in [6.45, 7) is 0. The molecule has 0 amide bonds. The van der Waals surface area contributed by atoms with Crippen LogP contribution < -0.4 is 0 Å². The summed E-state index contributed by atoms with van der Waals surface area (Å²) < 4.78 is 39.3. The van der Waals surface area contributed by atoms with Crippen LogP contribution >= 0.6 is 23.1 Å². The number of hydrogen-bond donors (Lipinski definition) is 0. The number of alkyl halides is 3. The zero-order chi connectivity index (χ0) is 14.2. The molecule has 20 heavy (non-hydrogen) atoms. The van der Waals surface area contributed by atoms with Crippen LogP contribution in [0.15, 0.2) is 40.9 Å². The molecule has 0 atom stereocenters. The van der Waals surface area contributed by atoms with Crippen molar-refractivity contribution in [1.82, 2.24) is 14.6 Å². The van der Waals surface area contributed by atoms with Crippen LogP contribution in [0, 0.1) is 0 Å². The number of imidazole rings is 1. The van der Waals surface area contributed by atoms with E-state index in [1.54, 1.807) is 0 Å². The lowest BCUT2D eigenvalue weighted by atomic mass is 10.2. The summed E-state index contributed by atoms with van der Waals surface area (Å²) in [5.41, 5.74) is 0.234. The van der Waals surface area contributed by atoms with Crippen molar-refractivity contribution in [3.63, 3.8) is 0 Å². The van der Waals surface area contributed by atoms with Gasteiger partial charge in [0, 0.05) is 5.75 Å². The molecule has 0 aliphatic carbocycles. The summed E-state index contributed by atoms with van der Waals surface area (Å²) in [7, 11) is 0. The maximum Gasteiger partial charge on any atom is 0.435 e. The van der Waals surface area contributed by atoms with Crippen molar-refractivity contribution in [2.75, 3.05) is 0 Å². The smallest absolute Gasteiger partial charge is 0.213 e. The van der Waals surface area contributed by atoms with E-state index in [1.807, 2.05) is 30.3 Å². The number of thioether (sulfide) groups is 1. The Morgan fingerprint density at radius 1 is 1.20 bits per heavy atom. The maximum absolute atomic E-state index is 12.5. The second kappa shape index (κ2) is 5.10. The SMILES string of the molecule is FC(F)(F)c1cn2nc(SCc3ccccc3)sc2n1. The third-order valence-electron chi connectivity index (χ3n) is 2.52. The van der Waals surface area contributed by atoms with E-state index in [1.165, 1.54) is 16.3 Å². The first kappa shape index (κ1) is 13.4. The molecule has 0 fully saturated rings. The topological polar surface area (TPSA) is 30.2 Å². The van der Waals surface area contributed by atoms with Gasteiger partial charge in [-0.25, -0.2) is 9.50 Å². The van der Waals surface area contributed by atoms with E-state index in [9.17, 15) is 13.2 Å². The molecule has 0 aliphatic heterocycles. The highest BCUT2D eigenvalue weighted by Crippen LogP contribution is 2.32. The first-order valence-corrected chi connectivity index (χ1v) is 7.43. The Bertz CT molecular complexity index is 687. The fraction of sp³-hybridized carbons (Fsp3) is 0.167. The molecule has 0 aliphatic rings. The van der Waals surface area contributed by atoms with Gasteiger partial charge in [0.25, 0.3) is 0 Å². The fourth-order valence-corrected chi connectivity index (χ4v) is 3.48. The molecule has 0 saturated carbocycles. The van der Waals surface area contributed by atoms with E-state index in [0.717, 1.165) is 28.8 Å². The van der Waals surface area contributed by atoms with Gasteiger partial charge in [0.05, 0.1) is 6.20 Å². The summed E-state index contributed by atoms with van der Waals surface area (Å²) in [4.78, 5) is 3.80. The fourth-order valence-electron chi connectivity index (χ4n) is 1.60. The van der Waals surface area contributed by atoms with Crippen molar-refractivity contribution < 1.29 is 13.2 Å². The first-order valence-electron chi connectivity index (χ1n) is 5.62. The lowest BCUT2D eigenvalue weighted by molar-refractivity contribution is -0.140.